The van der Waals surface area contributed by atoms with Crippen LogP contribution in [0.5, 0.6) is 11.5 Å². The predicted octanol–water partition coefficient (Wildman–Crippen LogP) is 5.03. The quantitative estimate of drug-likeness (QED) is 0.551. The molecular weight excluding hydrogens is 438 g/mol. The highest BCUT2D eigenvalue weighted by molar-refractivity contribution is 8.00. The van der Waals surface area contributed by atoms with Crippen LogP contribution in [-0.2, 0) is 14.3 Å². The maximum Gasteiger partial charge on any atom is 0.235 e. The van der Waals surface area contributed by atoms with Crippen LogP contribution < -0.4 is 14.8 Å². The Kier molecular flexibility index (Phi) is 6.19. The van der Waals surface area contributed by atoms with Crippen molar-refractivity contribution in [2.24, 2.45) is 5.41 Å². The second-order valence-corrected chi connectivity index (χ2v) is 9.75. The molecule has 0 bridgehead atoms. The van der Waals surface area contributed by atoms with Gasteiger partial charge in [0.25, 0.3) is 0 Å². The molecule has 3 aromatic carbocycles. The van der Waals surface area contributed by atoms with Crippen molar-refractivity contribution in [1.82, 2.24) is 0 Å². The monoisotopic (exact) mass is 465 g/mol. The number of hydrogen-bond acceptors (Lipinski definition) is 6. The van der Waals surface area contributed by atoms with Crippen molar-refractivity contribution in [3.63, 3.8) is 0 Å². The fourth-order valence-electron chi connectivity index (χ4n) is 3.94. The Balaban J connectivity index is 1.23. The molecule has 1 N–H and O–H groups in total. The number of anilines is 1. The summed E-state index contributed by atoms with van der Waals surface area (Å²) in [5.41, 5.74) is 0.844. The third-order valence-electron chi connectivity index (χ3n) is 6.07. The van der Waals surface area contributed by atoms with Crippen molar-refractivity contribution in [2.75, 3.05) is 37.1 Å². The van der Waals surface area contributed by atoms with E-state index < -0.39 is 11.7 Å². The zero-order valence-electron chi connectivity index (χ0n) is 18.7. The molecule has 2 aliphatic rings. The van der Waals surface area contributed by atoms with E-state index in [0.29, 0.717) is 6.10 Å². The molecule has 33 heavy (non-hydrogen) atoms. The number of methoxy groups -OCH3 is 1. The van der Waals surface area contributed by atoms with Gasteiger partial charge in [-0.3, -0.25) is 4.79 Å². The zero-order chi connectivity index (χ0) is 22.8. The summed E-state index contributed by atoms with van der Waals surface area (Å²) in [6.07, 6.45) is -0.189. The van der Waals surface area contributed by atoms with Crippen molar-refractivity contribution in [3.05, 3.63) is 66.2 Å². The van der Waals surface area contributed by atoms with E-state index in [-0.39, 0.29) is 19.1 Å². The molecule has 0 saturated carbocycles. The molecule has 0 aromatic heterocycles. The largest absolute Gasteiger partial charge is 0.496 e. The minimum absolute atomic E-state index is 0.140. The Morgan fingerprint density at radius 1 is 1.00 bits per heavy atom. The van der Waals surface area contributed by atoms with E-state index in [1.54, 1.807) is 7.11 Å². The number of benzene rings is 3. The van der Waals surface area contributed by atoms with Gasteiger partial charge in [0.05, 0.1) is 25.7 Å². The van der Waals surface area contributed by atoms with Gasteiger partial charge in [-0.05, 0) is 31.2 Å². The van der Waals surface area contributed by atoms with Crippen LogP contribution >= 0.6 is 11.8 Å². The van der Waals surface area contributed by atoms with Crippen molar-refractivity contribution in [1.29, 1.82) is 0 Å². The van der Waals surface area contributed by atoms with Crippen molar-refractivity contribution >= 4 is 34.1 Å². The van der Waals surface area contributed by atoms with Gasteiger partial charge in [-0.2, -0.15) is 11.8 Å². The molecule has 1 amide bonds. The molecule has 0 aliphatic carbocycles. The van der Waals surface area contributed by atoms with Crippen LogP contribution in [0.4, 0.5) is 5.69 Å². The van der Waals surface area contributed by atoms with Gasteiger partial charge in [0.1, 0.15) is 17.6 Å². The van der Waals surface area contributed by atoms with Crippen molar-refractivity contribution in [3.8, 4) is 11.5 Å². The third-order valence-corrected chi connectivity index (χ3v) is 7.28. The zero-order valence-corrected chi connectivity index (χ0v) is 19.5. The summed E-state index contributed by atoms with van der Waals surface area (Å²) < 4.78 is 23.3. The lowest BCUT2D eigenvalue weighted by Gasteiger charge is -2.36. The highest BCUT2D eigenvalue weighted by Crippen LogP contribution is 2.36. The summed E-state index contributed by atoms with van der Waals surface area (Å²) in [5, 5.41) is 4.94. The van der Waals surface area contributed by atoms with Gasteiger partial charge in [0.2, 0.25) is 5.91 Å². The lowest BCUT2D eigenvalue weighted by atomic mass is 9.90. The van der Waals surface area contributed by atoms with Crippen molar-refractivity contribution in [2.45, 2.75) is 19.3 Å². The van der Waals surface area contributed by atoms with Gasteiger partial charge in [0.15, 0.2) is 6.29 Å². The maximum atomic E-state index is 13.2. The van der Waals surface area contributed by atoms with E-state index in [9.17, 15) is 4.79 Å². The Bertz CT molecular complexity index is 1140. The molecule has 0 radical (unpaired) electrons. The summed E-state index contributed by atoms with van der Waals surface area (Å²) >= 11 is 1.89. The molecule has 2 saturated heterocycles. The third kappa shape index (κ3) is 4.53. The van der Waals surface area contributed by atoms with Crippen LogP contribution in [-0.4, -0.2) is 43.8 Å². The predicted molar refractivity (Wildman–Crippen MR) is 130 cm³/mol. The fourth-order valence-corrected chi connectivity index (χ4v) is 4.51. The summed E-state index contributed by atoms with van der Waals surface area (Å²) in [6, 6.07) is 19.4. The van der Waals surface area contributed by atoms with E-state index in [1.165, 1.54) is 0 Å². The first kappa shape index (κ1) is 22.1. The molecule has 5 rings (SSSR count). The van der Waals surface area contributed by atoms with Crippen molar-refractivity contribution < 1.29 is 23.7 Å². The van der Waals surface area contributed by atoms with Gasteiger partial charge in [-0.15, -0.1) is 0 Å². The SMILES string of the molecule is COc1ccc(NC(=O)C2(C)COC(c3ccc(OC4CSC4)cc3)OC2)c2ccccc12. The second-order valence-electron chi connectivity index (χ2n) is 8.68. The van der Waals surface area contributed by atoms with Crippen LogP contribution in [0.2, 0.25) is 0 Å². The van der Waals surface area contributed by atoms with Crippen LogP contribution in [0.25, 0.3) is 10.8 Å². The summed E-state index contributed by atoms with van der Waals surface area (Å²) in [6.45, 7) is 2.38. The Morgan fingerprint density at radius 3 is 2.33 bits per heavy atom. The molecule has 0 spiro atoms. The molecule has 3 aromatic rings. The van der Waals surface area contributed by atoms with Gasteiger partial charge < -0.3 is 24.3 Å². The smallest absolute Gasteiger partial charge is 0.235 e. The van der Waals surface area contributed by atoms with E-state index in [4.69, 9.17) is 18.9 Å². The van der Waals surface area contributed by atoms with E-state index >= 15 is 0 Å². The number of fused-ring (bicyclic) bond motifs is 1. The minimum Gasteiger partial charge on any atom is -0.496 e. The van der Waals surface area contributed by atoms with Crippen LogP contribution in [0.1, 0.15) is 18.8 Å². The van der Waals surface area contributed by atoms with Gasteiger partial charge in [-0.1, -0.05) is 36.4 Å². The summed E-state index contributed by atoms with van der Waals surface area (Å²) in [4.78, 5) is 13.2. The summed E-state index contributed by atoms with van der Waals surface area (Å²) in [5.74, 6) is 3.58. The highest BCUT2D eigenvalue weighted by Gasteiger charge is 2.40. The number of carbonyl (C=O) groups excluding carboxylic acids is 1. The lowest BCUT2D eigenvalue weighted by molar-refractivity contribution is -0.226. The van der Waals surface area contributed by atoms with Crippen LogP contribution in [0.15, 0.2) is 60.7 Å². The molecule has 172 valence electrons. The number of carbonyl (C=O) groups is 1. The number of amides is 1. The second kappa shape index (κ2) is 9.25. The maximum absolute atomic E-state index is 13.2. The molecule has 0 unspecified atom stereocenters. The average molecular weight is 466 g/mol. The average Bonchev–Trinajstić information content (AvgIpc) is 2.82. The highest BCUT2D eigenvalue weighted by atomic mass is 32.2. The first-order valence-electron chi connectivity index (χ1n) is 11.0. The molecule has 7 heteroatoms. The van der Waals surface area contributed by atoms with E-state index in [1.807, 2.05) is 79.3 Å². The van der Waals surface area contributed by atoms with Gasteiger partial charge in [0, 0.05) is 33.5 Å². The van der Waals surface area contributed by atoms with Gasteiger partial charge in [-0.25, -0.2) is 0 Å². The first-order valence-corrected chi connectivity index (χ1v) is 12.2. The molecule has 0 atom stereocenters. The Morgan fingerprint density at radius 2 is 1.70 bits per heavy atom. The number of thioether (sulfide) groups is 1. The fraction of sp³-hybridized carbons (Fsp3) is 0.346. The molecule has 2 heterocycles. The van der Waals surface area contributed by atoms with E-state index in [2.05, 4.69) is 5.32 Å². The number of ether oxygens (including phenoxy) is 4. The number of hydrogen-bond donors (Lipinski definition) is 1. The van der Waals surface area contributed by atoms with E-state index in [0.717, 1.165) is 45.0 Å². The topological polar surface area (TPSA) is 66.0 Å². The molecule has 2 fully saturated rings. The standard InChI is InChI=1S/C26H27NO5S/c1-26(25(28)27-22-11-12-23(29-2)21-6-4-3-5-20(21)22)15-30-24(31-16-26)17-7-9-18(10-8-17)32-19-13-33-14-19/h3-12,19,24H,13-16H2,1-2H3,(H,27,28). The number of nitrogens with one attached hydrogen (secondary N) is 1. The summed E-state index contributed by atoms with van der Waals surface area (Å²) in [7, 11) is 1.64. The lowest BCUT2D eigenvalue weighted by Crippen LogP contribution is -2.45. The first-order chi connectivity index (χ1) is 16.1. The molecule has 6 nitrogen and oxygen atoms in total. The molecule has 2 aliphatic heterocycles. The van der Waals surface area contributed by atoms with Crippen LogP contribution in [0.3, 0.4) is 0 Å². The normalized spacial score (nSPS) is 23.0. The minimum atomic E-state index is -0.803. The van der Waals surface area contributed by atoms with Gasteiger partial charge >= 0.3 is 0 Å². The van der Waals surface area contributed by atoms with Crippen LogP contribution in [0, 0.1) is 5.41 Å². The molecular formula is C26H27NO5S. The Labute approximate surface area is 197 Å². The number of rotatable bonds is 6. The Hall–Kier alpha value is -2.74.